The van der Waals surface area contributed by atoms with Gasteiger partial charge in [-0.15, -0.1) is 0 Å². The zero-order valence-electron chi connectivity index (χ0n) is 7.63. The molecular formula is C9H10INO3. The molecule has 0 spiro atoms. The van der Waals surface area contributed by atoms with Crippen LogP contribution in [0.1, 0.15) is 28.0 Å². The number of aromatic nitrogens is 1. The normalized spacial score (nSPS) is 10.1. The molecule has 1 aromatic heterocycles. The second kappa shape index (κ2) is 4.59. The van der Waals surface area contributed by atoms with Crippen LogP contribution in [0, 0.1) is 10.6 Å². The van der Waals surface area contributed by atoms with Crippen LogP contribution < -0.4 is 0 Å². The van der Waals surface area contributed by atoms with Gasteiger partial charge in [0.05, 0.1) is 9.39 Å². The van der Waals surface area contributed by atoms with Crippen LogP contribution in [-0.2, 0) is 11.2 Å². The number of rotatable bonds is 4. The molecule has 14 heavy (non-hydrogen) atoms. The molecule has 0 radical (unpaired) electrons. The lowest BCUT2D eigenvalue weighted by molar-refractivity contribution is -0.136. The van der Waals surface area contributed by atoms with Crippen molar-refractivity contribution >= 4 is 34.8 Å². The first kappa shape index (κ1) is 11.2. The Kier molecular flexibility index (Phi) is 3.68. The zero-order valence-corrected chi connectivity index (χ0v) is 9.79. The predicted octanol–water partition coefficient (Wildman–Crippen LogP) is 1.76. The van der Waals surface area contributed by atoms with Crippen molar-refractivity contribution in [2.45, 2.75) is 19.8 Å². The first-order valence-corrected chi connectivity index (χ1v) is 5.18. The molecule has 0 aliphatic heterocycles. The fraction of sp³-hybridized carbons (Fsp3) is 0.333. The SMILES string of the molecule is Cc1c(C=O)[nH]c(I)c1CCC(=O)O. The molecule has 1 rings (SSSR count). The van der Waals surface area contributed by atoms with Gasteiger partial charge in [0, 0.05) is 6.42 Å². The molecule has 0 bridgehead atoms. The summed E-state index contributed by atoms with van der Waals surface area (Å²) in [5, 5.41) is 8.54. The monoisotopic (exact) mass is 307 g/mol. The van der Waals surface area contributed by atoms with Gasteiger partial charge in [-0.25, -0.2) is 0 Å². The van der Waals surface area contributed by atoms with Gasteiger partial charge in [0.15, 0.2) is 6.29 Å². The van der Waals surface area contributed by atoms with Crippen molar-refractivity contribution in [2.75, 3.05) is 0 Å². The minimum Gasteiger partial charge on any atom is -0.481 e. The van der Waals surface area contributed by atoms with Crippen LogP contribution in [0.2, 0.25) is 0 Å². The number of carbonyl (C=O) groups excluding carboxylic acids is 1. The van der Waals surface area contributed by atoms with Crippen molar-refractivity contribution in [1.29, 1.82) is 0 Å². The molecule has 1 heterocycles. The molecular weight excluding hydrogens is 297 g/mol. The Bertz CT molecular complexity index is 370. The molecule has 0 fully saturated rings. The summed E-state index contributed by atoms with van der Waals surface area (Å²) >= 11 is 2.07. The molecule has 4 nitrogen and oxygen atoms in total. The van der Waals surface area contributed by atoms with Crippen LogP contribution in [0.4, 0.5) is 0 Å². The van der Waals surface area contributed by atoms with Crippen molar-refractivity contribution in [3.05, 3.63) is 20.5 Å². The molecule has 5 heteroatoms. The minimum absolute atomic E-state index is 0.0903. The molecule has 0 aliphatic carbocycles. The average Bonchev–Trinajstić information content (AvgIpc) is 2.39. The molecule has 0 saturated heterocycles. The lowest BCUT2D eigenvalue weighted by Crippen LogP contribution is -1.99. The number of carbonyl (C=O) groups is 2. The third-order valence-corrected chi connectivity index (χ3v) is 2.99. The molecule has 0 amide bonds. The van der Waals surface area contributed by atoms with E-state index in [9.17, 15) is 9.59 Å². The van der Waals surface area contributed by atoms with E-state index in [1.54, 1.807) is 0 Å². The molecule has 0 aliphatic rings. The Morgan fingerprint density at radius 2 is 2.29 bits per heavy atom. The van der Waals surface area contributed by atoms with Crippen LogP contribution >= 0.6 is 22.6 Å². The first-order valence-electron chi connectivity index (χ1n) is 4.10. The highest BCUT2D eigenvalue weighted by atomic mass is 127. The van der Waals surface area contributed by atoms with Gasteiger partial charge in [-0.05, 0) is 47.1 Å². The fourth-order valence-electron chi connectivity index (χ4n) is 1.26. The molecule has 1 aromatic rings. The number of hydrogen-bond donors (Lipinski definition) is 2. The second-order valence-electron chi connectivity index (χ2n) is 2.97. The third kappa shape index (κ3) is 2.34. The number of carboxylic acids is 1. The van der Waals surface area contributed by atoms with Gasteiger partial charge >= 0.3 is 5.97 Å². The van der Waals surface area contributed by atoms with Crippen molar-refractivity contribution in [1.82, 2.24) is 4.98 Å². The summed E-state index contributed by atoms with van der Waals surface area (Å²) in [7, 11) is 0. The molecule has 0 unspecified atom stereocenters. The topological polar surface area (TPSA) is 70.2 Å². The Hall–Kier alpha value is -0.850. The van der Waals surface area contributed by atoms with E-state index in [-0.39, 0.29) is 6.42 Å². The number of halogens is 1. The van der Waals surface area contributed by atoms with Crippen LogP contribution in [0.25, 0.3) is 0 Å². The quantitative estimate of drug-likeness (QED) is 0.658. The summed E-state index contributed by atoms with van der Waals surface area (Å²) in [4.78, 5) is 23.9. The predicted molar refractivity (Wildman–Crippen MR) is 59.6 cm³/mol. The summed E-state index contributed by atoms with van der Waals surface area (Å²) in [5.74, 6) is -0.825. The molecule has 76 valence electrons. The highest BCUT2D eigenvalue weighted by Gasteiger charge is 2.12. The van der Waals surface area contributed by atoms with Crippen LogP contribution in [-0.4, -0.2) is 22.3 Å². The highest BCUT2D eigenvalue weighted by Crippen LogP contribution is 2.20. The Morgan fingerprint density at radius 3 is 2.71 bits per heavy atom. The number of nitrogens with one attached hydrogen (secondary N) is 1. The lowest BCUT2D eigenvalue weighted by atomic mass is 10.1. The second-order valence-corrected chi connectivity index (χ2v) is 4.05. The number of carboxylic acid groups (broad SMARTS) is 1. The standard InChI is InChI=1S/C9H10INO3/c1-5-6(2-3-8(13)14)9(10)11-7(5)4-12/h4,11H,2-3H2,1H3,(H,13,14). The number of H-pyrrole nitrogens is 1. The summed E-state index contributed by atoms with van der Waals surface area (Å²) in [6, 6.07) is 0. The van der Waals surface area contributed by atoms with Crippen molar-refractivity contribution in [3.8, 4) is 0 Å². The van der Waals surface area contributed by atoms with Gasteiger partial charge in [0.2, 0.25) is 0 Å². The Balaban J connectivity index is 2.90. The van der Waals surface area contributed by atoms with E-state index in [1.165, 1.54) is 0 Å². The summed E-state index contributed by atoms with van der Waals surface area (Å²) < 4.78 is 0.850. The van der Waals surface area contributed by atoms with E-state index in [2.05, 4.69) is 27.6 Å². The molecule has 0 saturated carbocycles. The van der Waals surface area contributed by atoms with Crippen LogP contribution in [0.5, 0.6) is 0 Å². The maximum absolute atomic E-state index is 10.6. The summed E-state index contributed by atoms with van der Waals surface area (Å²) in [5.41, 5.74) is 2.32. The van der Waals surface area contributed by atoms with E-state index >= 15 is 0 Å². The van der Waals surface area contributed by atoms with E-state index in [0.717, 1.165) is 21.1 Å². The van der Waals surface area contributed by atoms with E-state index in [1.807, 2.05) is 6.92 Å². The number of hydrogen-bond acceptors (Lipinski definition) is 2. The average molecular weight is 307 g/mol. The third-order valence-electron chi connectivity index (χ3n) is 2.07. The van der Waals surface area contributed by atoms with Crippen molar-refractivity contribution in [3.63, 3.8) is 0 Å². The van der Waals surface area contributed by atoms with Gasteiger partial charge in [0.1, 0.15) is 0 Å². The molecule has 2 N–H and O–H groups in total. The van der Waals surface area contributed by atoms with E-state index < -0.39 is 5.97 Å². The van der Waals surface area contributed by atoms with Crippen LogP contribution in [0.15, 0.2) is 0 Å². The lowest BCUT2D eigenvalue weighted by Gasteiger charge is -1.97. The fourth-order valence-corrected chi connectivity index (χ4v) is 2.23. The largest absolute Gasteiger partial charge is 0.481 e. The number of aromatic amines is 1. The summed E-state index contributed by atoms with van der Waals surface area (Å²) in [6.45, 7) is 1.82. The Morgan fingerprint density at radius 1 is 1.64 bits per heavy atom. The van der Waals surface area contributed by atoms with Crippen molar-refractivity contribution in [2.24, 2.45) is 0 Å². The Labute approximate surface area is 94.8 Å². The maximum Gasteiger partial charge on any atom is 0.303 e. The molecule has 0 atom stereocenters. The minimum atomic E-state index is -0.825. The zero-order chi connectivity index (χ0) is 10.7. The van der Waals surface area contributed by atoms with Gasteiger partial charge in [-0.2, -0.15) is 0 Å². The van der Waals surface area contributed by atoms with Crippen molar-refractivity contribution < 1.29 is 14.7 Å². The van der Waals surface area contributed by atoms with Gasteiger partial charge < -0.3 is 10.1 Å². The number of aliphatic carboxylic acids is 1. The van der Waals surface area contributed by atoms with E-state index in [0.29, 0.717) is 12.1 Å². The first-order chi connectivity index (χ1) is 6.56. The van der Waals surface area contributed by atoms with Gasteiger partial charge in [-0.1, -0.05) is 0 Å². The summed E-state index contributed by atoms with van der Waals surface area (Å²) in [6.07, 6.45) is 1.30. The maximum atomic E-state index is 10.6. The van der Waals surface area contributed by atoms with Crippen LogP contribution in [0.3, 0.4) is 0 Å². The highest BCUT2D eigenvalue weighted by molar-refractivity contribution is 14.1. The smallest absolute Gasteiger partial charge is 0.303 e. The van der Waals surface area contributed by atoms with E-state index in [4.69, 9.17) is 5.11 Å². The van der Waals surface area contributed by atoms with Gasteiger partial charge in [0.25, 0.3) is 0 Å². The number of aldehydes is 1. The molecule has 0 aromatic carbocycles. The van der Waals surface area contributed by atoms with Gasteiger partial charge in [-0.3, -0.25) is 9.59 Å².